The van der Waals surface area contributed by atoms with Crippen LogP contribution in [0.5, 0.6) is 0 Å². The van der Waals surface area contributed by atoms with Crippen molar-refractivity contribution >= 4 is 22.6 Å². The summed E-state index contributed by atoms with van der Waals surface area (Å²) in [5.74, 6) is -0.311. The zero-order valence-corrected chi connectivity index (χ0v) is 12.3. The van der Waals surface area contributed by atoms with E-state index in [9.17, 15) is 4.79 Å². The van der Waals surface area contributed by atoms with Gasteiger partial charge in [-0.05, 0) is 31.0 Å². The number of nitrogens with zero attached hydrogens (tertiary/aromatic N) is 1. The first kappa shape index (κ1) is 13.7. The van der Waals surface area contributed by atoms with E-state index < -0.39 is 5.79 Å². The van der Waals surface area contributed by atoms with Gasteiger partial charge in [-0.2, -0.15) is 0 Å². The molecule has 116 valence electrons. The van der Waals surface area contributed by atoms with E-state index in [2.05, 4.69) is 15.3 Å². The average Bonchev–Trinajstić information content (AvgIpc) is 3.17. The Morgan fingerprint density at radius 2 is 2.05 bits per heavy atom. The van der Waals surface area contributed by atoms with Crippen molar-refractivity contribution in [2.75, 3.05) is 18.5 Å². The first-order valence-electron chi connectivity index (χ1n) is 7.76. The zero-order valence-electron chi connectivity index (χ0n) is 12.3. The molecular weight excluding hydrogens is 282 g/mol. The van der Waals surface area contributed by atoms with Crippen LogP contribution in [0.25, 0.3) is 11.0 Å². The zero-order chi connectivity index (χ0) is 15.0. The summed E-state index contributed by atoms with van der Waals surface area (Å²) in [5.41, 5.74) is 2.62. The molecule has 4 rings (SSSR count). The van der Waals surface area contributed by atoms with Crippen LogP contribution in [0.4, 0.5) is 5.69 Å². The lowest BCUT2D eigenvalue weighted by atomic mass is 9.84. The van der Waals surface area contributed by atoms with Crippen LogP contribution in [-0.2, 0) is 14.3 Å². The number of carbonyl (C=O) groups is 1. The Balaban J connectivity index is 1.40. The minimum absolute atomic E-state index is 0.0240. The molecule has 2 heterocycles. The number of nitrogens with one attached hydrogen (secondary N) is 2. The molecule has 2 aromatic rings. The summed E-state index contributed by atoms with van der Waals surface area (Å²) in [5, 5.41) is 3.00. The summed E-state index contributed by atoms with van der Waals surface area (Å²) in [7, 11) is 0. The van der Waals surface area contributed by atoms with Gasteiger partial charge in [0, 0.05) is 24.4 Å². The van der Waals surface area contributed by atoms with Crippen molar-refractivity contribution < 1.29 is 14.3 Å². The lowest BCUT2D eigenvalue weighted by molar-refractivity contribution is -0.182. The summed E-state index contributed by atoms with van der Waals surface area (Å²) in [6.45, 7) is 1.34. The Labute approximate surface area is 128 Å². The fourth-order valence-corrected chi connectivity index (χ4v) is 3.36. The van der Waals surface area contributed by atoms with E-state index in [1.54, 1.807) is 6.33 Å². The van der Waals surface area contributed by atoms with E-state index in [1.165, 1.54) is 0 Å². The van der Waals surface area contributed by atoms with E-state index in [-0.39, 0.29) is 11.8 Å². The summed E-state index contributed by atoms with van der Waals surface area (Å²) in [6, 6.07) is 5.69. The molecule has 1 amide bonds. The van der Waals surface area contributed by atoms with Crippen molar-refractivity contribution in [3.05, 3.63) is 24.5 Å². The highest BCUT2D eigenvalue weighted by atomic mass is 16.7. The first-order chi connectivity index (χ1) is 10.7. The topological polar surface area (TPSA) is 76.2 Å². The fraction of sp³-hybridized carbons (Fsp3) is 0.500. The molecule has 1 aliphatic carbocycles. The van der Waals surface area contributed by atoms with Gasteiger partial charge < -0.3 is 19.8 Å². The fourth-order valence-electron chi connectivity index (χ4n) is 3.36. The standard InChI is InChI=1S/C16H19N3O3/c20-15(11-3-5-16(6-4-11)21-7-8-22-16)19-12-1-2-13-14(9-12)18-10-17-13/h1-2,9-11H,3-8H2,(H,17,18)(H,19,20). The van der Waals surface area contributed by atoms with E-state index in [0.717, 1.165) is 42.4 Å². The highest BCUT2D eigenvalue weighted by Crippen LogP contribution is 2.38. The lowest BCUT2D eigenvalue weighted by Gasteiger charge is -2.34. The third-order valence-corrected chi connectivity index (χ3v) is 4.62. The number of anilines is 1. The van der Waals surface area contributed by atoms with Gasteiger partial charge in [0.15, 0.2) is 5.79 Å². The van der Waals surface area contributed by atoms with Gasteiger partial charge in [0.2, 0.25) is 5.91 Å². The molecule has 1 aliphatic heterocycles. The molecule has 0 unspecified atom stereocenters. The molecule has 2 aliphatic rings. The van der Waals surface area contributed by atoms with Crippen molar-refractivity contribution in [1.82, 2.24) is 9.97 Å². The molecule has 2 N–H and O–H groups in total. The Bertz CT molecular complexity index is 681. The van der Waals surface area contributed by atoms with Crippen LogP contribution in [0.3, 0.4) is 0 Å². The smallest absolute Gasteiger partial charge is 0.227 e. The monoisotopic (exact) mass is 301 g/mol. The molecule has 1 saturated heterocycles. The van der Waals surface area contributed by atoms with Gasteiger partial charge in [0.05, 0.1) is 30.6 Å². The molecule has 1 aromatic heterocycles. The van der Waals surface area contributed by atoms with Crippen LogP contribution in [0, 0.1) is 5.92 Å². The number of amides is 1. The van der Waals surface area contributed by atoms with Gasteiger partial charge in [0.25, 0.3) is 0 Å². The number of hydrogen-bond acceptors (Lipinski definition) is 4. The van der Waals surface area contributed by atoms with Crippen LogP contribution in [0.2, 0.25) is 0 Å². The Hall–Kier alpha value is -1.92. The number of imidazole rings is 1. The minimum Gasteiger partial charge on any atom is -0.348 e. The largest absolute Gasteiger partial charge is 0.348 e. The highest BCUT2D eigenvalue weighted by molar-refractivity contribution is 5.94. The maximum atomic E-state index is 12.4. The third-order valence-electron chi connectivity index (χ3n) is 4.62. The van der Waals surface area contributed by atoms with Gasteiger partial charge in [-0.1, -0.05) is 0 Å². The third kappa shape index (κ3) is 2.48. The van der Waals surface area contributed by atoms with Crippen molar-refractivity contribution in [3.8, 4) is 0 Å². The number of fused-ring (bicyclic) bond motifs is 1. The molecule has 1 aromatic carbocycles. The number of rotatable bonds is 2. The van der Waals surface area contributed by atoms with Gasteiger partial charge in [-0.25, -0.2) is 4.98 Å². The van der Waals surface area contributed by atoms with Gasteiger partial charge in [-0.3, -0.25) is 4.79 Å². The van der Waals surface area contributed by atoms with E-state index in [0.29, 0.717) is 13.2 Å². The van der Waals surface area contributed by atoms with Crippen LogP contribution in [0.1, 0.15) is 25.7 Å². The number of H-pyrrole nitrogens is 1. The van der Waals surface area contributed by atoms with Crippen molar-refractivity contribution in [2.24, 2.45) is 5.92 Å². The molecule has 1 saturated carbocycles. The van der Waals surface area contributed by atoms with Crippen LogP contribution >= 0.6 is 0 Å². The summed E-state index contributed by atoms with van der Waals surface area (Å²) < 4.78 is 11.4. The number of ether oxygens (including phenoxy) is 2. The number of benzene rings is 1. The molecular formula is C16H19N3O3. The van der Waals surface area contributed by atoms with Gasteiger partial charge in [0.1, 0.15) is 0 Å². The van der Waals surface area contributed by atoms with Crippen molar-refractivity contribution in [2.45, 2.75) is 31.5 Å². The predicted molar refractivity (Wildman–Crippen MR) is 81.3 cm³/mol. The summed E-state index contributed by atoms with van der Waals surface area (Å²) in [4.78, 5) is 19.7. The number of aromatic nitrogens is 2. The van der Waals surface area contributed by atoms with Gasteiger partial charge in [-0.15, -0.1) is 0 Å². The molecule has 2 fully saturated rings. The number of aromatic amines is 1. The molecule has 0 bridgehead atoms. The first-order valence-corrected chi connectivity index (χ1v) is 7.76. The van der Waals surface area contributed by atoms with Crippen molar-refractivity contribution in [1.29, 1.82) is 0 Å². The molecule has 0 radical (unpaired) electrons. The van der Waals surface area contributed by atoms with Crippen molar-refractivity contribution in [3.63, 3.8) is 0 Å². The summed E-state index contributed by atoms with van der Waals surface area (Å²) >= 11 is 0. The molecule has 6 nitrogen and oxygen atoms in total. The van der Waals surface area contributed by atoms with E-state index in [1.807, 2.05) is 18.2 Å². The second-order valence-electron chi connectivity index (χ2n) is 6.01. The van der Waals surface area contributed by atoms with Crippen LogP contribution in [0.15, 0.2) is 24.5 Å². The van der Waals surface area contributed by atoms with Gasteiger partial charge >= 0.3 is 0 Å². The SMILES string of the molecule is O=C(Nc1ccc2nc[nH]c2c1)C1CCC2(CC1)OCCO2. The molecule has 1 spiro atoms. The average molecular weight is 301 g/mol. The number of hydrogen-bond donors (Lipinski definition) is 2. The molecule has 22 heavy (non-hydrogen) atoms. The Kier molecular flexibility index (Phi) is 3.35. The van der Waals surface area contributed by atoms with E-state index >= 15 is 0 Å². The maximum absolute atomic E-state index is 12.4. The van der Waals surface area contributed by atoms with Crippen LogP contribution < -0.4 is 5.32 Å². The predicted octanol–water partition coefficient (Wildman–Crippen LogP) is 2.43. The Morgan fingerprint density at radius 3 is 2.82 bits per heavy atom. The molecule has 6 heteroatoms. The maximum Gasteiger partial charge on any atom is 0.227 e. The van der Waals surface area contributed by atoms with E-state index in [4.69, 9.17) is 9.47 Å². The van der Waals surface area contributed by atoms with Crippen LogP contribution in [-0.4, -0.2) is 34.9 Å². The second-order valence-corrected chi connectivity index (χ2v) is 6.01. The Morgan fingerprint density at radius 1 is 1.27 bits per heavy atom. The molecule has 0 atom stereocenters. The normalized spacial score (nSPS) is 21.5. The minimum atomic E-state index is -0.411. The lowest BCUT2D eigenvalue weighted by Crippen LogP contribution is -2.38. The number of carbonyl (C=O) groups excluding carboxylic acids is 1. The quantitative estimate of drug-likeness (QED) is 0.893. The summed E-state index contributed by atoms with van der Waals surface area (Å²) in [6.07, 6.45) is 4.85. The second kappa shape index (κ2) is 5.37. The highest BCUT2D eigenvalue weighted by Gasteiger charge is 2.41.